The lowest BCUT2D eigenvalue weighted by molar-refractivity contribution is -0.118. The van der Waals surface area contributed by atoms with Gasteiger partial charge in [0.15, 0.2) is 5.16 Å². The number of para-hydroxylation sites is 1. The third-order valence-corrected chi connectivity index (χ3v) is 6.44. The van der Waals surface area contributed by atoms with E-state index in [4.69, 9.17) is 34.8 Å². The number of thioether (sulfide) groups is 1. The monoisotopic (exact) mass is 516 g/mol. The molecule has 0 radical (unpaired) electrons. The van der Waals surface area contributed by atoms with E-state index < -0.39 is 0 Å². The van der Waals surface area contributed by atoms with Crippen LogP contribution >= 0.6 is 46.6 Å². The van der Waals surface area contributed by atoms with Crippen LogP contribution in [0, 0.1) is 0 Å². The molecule has 3 aromatic carbocycles. The van der Waals surface area contributed by atoms with Crippen LogP contribution in [0.1, 0.15) is 5.56 Å². The number of carbonyl (C=O) groups excluding carboxylic acids is 1. The Morgan fingerprint density at radius 1 is 1.03 bits per heavy atom. The zero-order chi connectivity index (χ0) is 23.4. The summed E-state index contributed by atoms with van der Waals surface area (Å²) >= 11 is 19.0. The van der Waals surface area contributed by atoms with Gasteiger partial charge >= 0.3 is 0 Å². The second-order valence-electron chi connectivity index (χ2n) is 6.78. The van der Waals surface area contributed by atoms with Crippen LogP contribution in [-0.2, 0) is 4.79 Å². The smallest absolute Gasteiger partial charge is 0.266 e. The molecule has 1 N–H and O–H groups in total. The van der Waals surface area contributed by atoms with Crippen molar-refractivity contribution in [2.24, 2.45) is 5.10 Å². The van der Waals surface area contributed by atoms with Gasteiger partial charge in [0.05, 0.1) is 38.6 Å². The number of fused-ring (bicyclic) bond motifs is 1. The lowest BCUT2D eigenvalue weighted by Gasteiger charge is -2.13. The molecule has 6 nitrogen and oxygen atoms in total. The number of carbonyl (C=O) groups is 1. The predicted molar refractivity (Wildman–Crippen MR) is 135 cm³/mol. The van der Waals surface area contributed by atoms with Crippen molar-refractivity contribution in [1.82, 2.24) is 15.0 Å². The molecule has 0 unspecified atom stereocenters. The summed E-state index contributed by atoms with van der Waals surface area (Å²) in [5, 5.41) is 6.18. The maximum Gasteiger partial charge on any atom is 0.266 e. The van der Waals surface area contributed by atoms with Crippen LogP contribution in [0.3, 0.4) is 0 Å². The molecule has 0 spiro atoms. The van der Waals surface area contributed by atoms with Gasteiger partial charge in [-0.1, -0.05) is 64.8 Å². The minimum atomic E-state index is -0.360. The highest BCUT2D eigenvalue weighted by atomic mass is 35.5. The summed E-state index contributed by atoms with van der Waals surface area (Å²) in [7, 11) is 0. The van der Waals surface area contributed by atoms with Crippen LogP contribution in [0.25, 0.3) is 16.6 Å². The van der Waals surface area contributed by atoms with Crippen LogP contribution in [-0.4, -0.2) is 27.4 Å². The first kappa shape index (κ1) is 23.3. The highest BCUT2D eigenvalue weighted by Crippen LogP contribution is 2.23. The summed E-state index contributed by atoms with van der Waals surface area (Å²) in [6.45, 7) is 0. The highest BCUT2D eigenvalue weighted by molar-refractivity contribution is 7.99. The third kappa shape index (κ3) is 5.57. The molecule has 4 rings (SSSR count). The third-order valence-electron chi connectivity index (χ3n) is 4.51. The summed E-state index contributed by atoms with van der Waals surface area (Å²) in [6.07, 6.45) is 1.46. The second-order valence-corrected chi connectivity index (χ2v) is 8.98. The standard InChI is InChI=1S/C23H15Cl3N4O2S/c24-15-6-8-16(9-7-15)30-22(32)17-3-1-2-4-20(17)28-23(30)33-13-21(31)29-27-12-14-5-10-18(25)19(26)11-14/h1-12H,13H2,(H,29,31)/b27-12-. The number of benzene rings is 3. The first-order chi connectivity index (χ1) is 15.9. The molecule has 33 heavy (non-hydrogen) atoms. The summed E-state index contributed by atoms with van der Waals surface area (Å²) < 4.78 is 1.47. The maximum absolute atomic E-state index is 13.2. The molecular formula is C23H15Cl3N4O2S. The van der Waals surface area contributed by atoms with E-state index in [2.05, 4.69) is 15.5 Å². The zero-order valence-corrected chi connectivity index (χ0v) is 19.9. The minimum absolute atomic E-state index is 0.00289. The number of rotatable bonds is 6. The van der Waals surface area contributed by atoms with Crippen LogP contribution in [0.5, 0.6) is 0 Å². The number of nitrogens with one attached hydrogen (secondary N) is 1. The fraction of sp³-hybridized carbons (Fsp3) is 0.0435. The minimum Gasteiger partial charge on any atom is -0.272 e. The number of hydrazone groups is 1. The van der Waals surface area contributed by atoms with E-state index in [0.29, 0.717) is 42.4 Å². The van der Waals surface area contributed by atoms with Gasteiger partial charge < -0.3 is 0 Å². The van der Waals surface area contributed by atoms with Crippen molar-refractivity contribution >= 4 is 69.6 Å². The molecule has 1 amide bonds. The molecule has 0 atom stereocenters. The topological polar surface area (TPSA) is 76.3 Å². The van der Waals surface area contributed by atoms with Crippen LogP contribution < -0.4 is 11.0 Å². The fourth-order valence-corrected chi connectivity index (χ4v) is 4.20. The van der Waals surface area contributed by atoms with Gasteiger partial charge in [0.2, 0.25) is 0 Å². The number of nitrogens with zero attached hydrogens (tertiary/aromatic N) is 3. The van der Waals surface area contributed by atoms with Crippen molar-refractivity contribution in [1.29, 1.82) is 0 Å². The van der Waals surface area contributed by atoms with Gasteiger partial charge in [0.1, 0.15) is 0 Å². The van der Waals surface area contributed by atoms with Gasteiger partial charge in [-0.3, -0.25) is 14.2 Å². The Morgan fingerprint density at radius 2 is 1.79 bits per heavy atom. The summed E-state index contributed by atoms with van der Waals surface area (Å²) in [5.74, 6) is -0.363. The Hall–Kier alpha value is -2.84. The second kappa shape index (κ2) is 10.4. The van der Waals surface area contributed by atoms with E-state index in [-0.39, 0.29) is 17.2 Å². The Bertz CT molecular complexity index is 1420. The van der Waals surface area contributed by atoms with Gasteiger partial charge in [-0.05, 0) is 54.1 Å². The average molecular weight is 518 g/mol. The SMILES string of the molecule is O=C(CSc1nc2ccccc2c(=O)n1-c1ccc(Cl)cc1)N/N=C\c1ccc(Cl)c(Cl)c1. The highest BCUT2D eigenvalue weighted by Gasteiger charge is 2.14. The van der Waals surface area contributed by atoms with Crippen molar-refractivity contribution in [3.05, 3.63) is 97.7 Å². The Balaban J connectivity index is 1.55. The molecule has 0 fully saturated rings. The quantitative estimate of drug-likeness (QED) is 0.157. The first-order valence-corrected chi connectivity index (χ1v) is 11.7. The largest absolute Gasteiger partial charge is 0.272 e. The Labute approximate surface area is 208 Å². The van der Waals surface area contributed by atoms with Crippen LogP contribution in [0.4, 0.5) is 0 Å². The fourth-order valence-electron chi connectivity index (χ4n) is 2.96. The van der Waals surface area contributed by atoms with Gasteiger partial charge in [0, 0.05) is 5.02 Å². The molecule has 0 aliphatic carbocycles. The lowest BCUT2D eigenvalue weighted by Crippen LogP contribution is -2.24. The summed E-state index contributed by atoms with van der Waals surface area (Å²) in [6, 6.07) is 18.9. The van der Waals surface area contributed by atoms with E-state index in [1.54, 1.807) is 66.7 Å². The molecule has 0 saturated carbocycles. The molecule has 1 heterocycles. The van der Waals surface area contributed by atoms with E-state index in [9.17, 15) is 9.59 Å². The lowest BCUT2D eigenvalue weighted by atomic mass is 10.2. The normalized spacial score (nSPS) is 11.2. The average Bonchev–Trinajstić information content (AvgIpc) is 2.81. The predicted octanol–water partition coefficient (Wildman–Crippen LogP) is 5.59. The number of hydrogen-bond acceptors (Lipinski definition) is 5. The van der Waals surface area contributed by atoms with Crippen LogP contribution in [0.2, 0.25) is 15.1 Å². The molecule has 166 valence electrons. The molecule has 0 saturated heterocycles. The van der Waals surface area contributed by atoms with Gasteiger partial charge in [0.25, 0.3) is 11.5 Å². The van der Waals surface area contributed by atoms with E-state index >= 15 is 0 Å². The molecule has 4 aromatic rings. The molecule has 10 heteroatoms. The van der Waals surface area contributed by atoms with Crippen molar-refractivity contribution in [2.45, 2.75) is 5.16 Å². The molecule has 1 aromatic heterocycles. The molecule has 0 bridgehead atoms. The number of aromatic nitrogens is 2. The number of halogens is 3. The van der Waals surface area contributed by atoms with Crippen molar-refractivity contribution in [2.75, 3.05) is 5.75 Å². The van der Waals surface area contributed by atoms with E-state index in [0.717, 1.165) is 11.8 Å². The Morgan fingerprint density at radius 3 is 2.55 bits per heavy atom. The number of hydrogen-bond donors (Lipinski definition) is 1. The Kier molecular flexibility index (Phi) is 7.35. The summed E-state index contributed by atoms with van der Waals surface area (Å²) in [5.41, 5.74) is 4.06. The van der Waals surface area contributed by atoms with Gasteiger partial charge in [-0.2, -0.15) is 5.10 Å². The van der Waals surface area contributed by atoms with Crippen molar-refractivity contribution in [3.8, 4) is 5.69 Å². The molecule has 0 aliphatic rings. The number of amides is 1. The van der Waals surface area contributed by atoms with Crippen molar-refractivity contribution < 1.29 is 4.79 Å². The van der Waals surface area contributed by atoms with Gasteiger partial charge in [-0.25, -0.2) is 10.4 Å². The first-order valence-electron chi connectivity index (χ1n) is 9.60. The van der Waals surface area contributed by atoms with E-state index in [1.807, 2.05) is 0 Å². The van der Waals surface area contributed by atoms with E-state index in [1.165, 1.54) is 10.8 Å². The molecule has 0 aliphatic heterocycles. The van der Waals surface area contributed by atoms with Crippen molar-refractivity contribution in [3.63, 3.8) is 0 Å². The maximum atomic E-state index is 13.2. The van der Waals surface area contributed by atoms with Crippen LogP contribution in [0.15, 0.2) is 81.8 Å². The van der Waals surface area contributed by atoms with Gasteiger partial charge in [-0.15, -0.1) is 0 Å². The molecular weight excluding hydrogens is 503 g/mol. The summed E-state index contributed by atoms with van der Waals surface area (Å²) in [4.78, 5) is 30.1. The zero-order valence-electron chi connectivity index (χ0n) is 16.8.